The highest BCUT2D eigenvalue weighted by atomic mass is 16.5. The fraction of sp³-hybridized carbons (Fsp3) is 0.200. The third kappa shape index (κ3) is 2.32. The summed E-state index contributed by atoms with van der Waals surface area (Å²) in [5, 5.41) is 9.13. The lowest BCUT2D eigenvalue weighted by molar-refractivity contribution is -0.131. The van der Waals surface area contributed by atoms with Crippen molar-refractivity contribution < 1.29 is 19.4 Å². The summed E-state index contributed by atoms with van der Waals surface area (Å²) >= 11 is 0. The second kappa shape index (κ2) is 3.91. The molecule has 4 heteroatoms. The van der Waals surface area contributed by atoms with E-state index in [1.165, 1.54) is 32.0 Å². The largest absolute Gasteiger partial charge is 0.508 e. The number of aromatic hydroxyl groups is 1. The number of phenolic OH excluding ortho intramolecular Hbond substituents is 1. The average Bonchev–Trinajstić information content (AvgIpc) is 2.01. The van der Waals surface area contributed by atoms with Gasteiger partial charge in [0.15, 0.2) is 5.78 Å². The molecule has 0 fully saturated rings. The summed E-state index contributed by atoms with van der Waals surface area (Å²) in [4.78, 5) is 21.8. The number of benzene rings is 1. The first-order chi connectivity index (χ1) is 6.50. The molecule has 1 aromatic rings. The van der Waals surface area contributed by atoms with Crippen LogP contribution in [-0.2, 0) is 4.79 Å². The normalized spacial score (nSPS) is 9.57. The Kier molecular flexibility index (Phi) is 2.86. The van der Waals surface area contributed by atoms with Gasteiger partial charge in [0, 0.05) is 13.0 Å². The minimum atomic E-state index is -0.530. The van der Waals surface area contributed by atoms with Gasteiger partial charge in [-0.3, -0.25) is 9.59 Å². The third-order valence-electron chi connectivity index (χ3n) is 1.60. The second-order valence-corrected chi connectivity index (χ2v) is 2.83. The van der Waals surface area contributed by atoms with Gasteiger partial charge in [-0.15, -0.1) is 0 Å². The third-order valence-corrected chi connectivity index (χ3v) is 1.60. The summed E-state index contributed by atoms with van der Waals surface area (Å²) < 4.78 is 4.77. The Labute approximate surface area is 81.1 Å². The number of ketones is 1. The zero-order valence-corrected chi connectivity index (χ0v) is 7.90. The van der Waals surface area contributed by atoms with Gasteiger partial charge in [0.05, 0.1) is 5.56 Å². The molecule has 0 aromatic heterocycles. The number of Topliss-reactive ketones (excluding diaryl/α,β-unsaturated/α-hetero) is 1. The first-order valence-electron chi connectivity index (χ1n) is 4.03. The van der Waals surface area contributed by atoms with Crippen LogP contribution in [0.4, 0.5) is 0 Å². The van der Waals surface area contributed by atoms with Crippen molar-refractivity contribution in [3.8, 4) is 11.5 Å². The number of esters is 1. The molecule has 0 unspecified atom stereocenters. The number of rotatable bonds is 2. The lowest BCUT2D eigenvalue weighted by atomic mass is 10.1. The molecule has 0 amide bonds. The van der Waals surface area contributed by atoms with E-state index >= 15 is 0 Å². The summed E-state index contributed by atoms with van der Waals surface area (Å²) in [6.45, 7) is 2.59. The van der Waals surface area contributed by atoms with Crippen LogP contribution in [0.1, 0.15) is 24.2 Å². The summed E-state index contributed by atoms with van der Waals surface area (Å²) in [5.74, 6) is -0.712. The SMILES string of the molecule is CC(=O)Oc1cc(O)ccc1C(C)=O. The zero-order chi connectivity index (χ0) is 10.7. The molecule has 74 valence electrons. The summed E-state index contributed by atoms with van der Waals surface area (Å²) in [7, 11) is 0. The summed E-state index contributed by atoms with van der Waals surface area (Å²) in [6, 6.07) is 4.01. The molecular weight excluding hydrogens is 184 g/mol. The van der Waals surface area contributed by atoms with Crippen LogP contribution in [0.2, 0.25) is 0 Å². The average molecular weight is 194 g/mol. The molecular formula is C10H10O4. The van der Waals surface area contributed by atoms with Gasteiger partial charge in [-0.25, -0.2) is 0 Å². The second-order valence-electron chi connectivity index (χ2n) is 2.83. The Balaban J connectivity index is 3.15. The highest BCUT2D eigenvalue weighted by molar-refractivity contribution is 5.97. The first kappa shape index (κ1) is 10.2. The number of carbonyl (C=O) groups excluding carboxylic acids is 2. The van der Waals surface area contributed by atoms with Crippen molar-refractivity contribution in [2.24, 2.45) is 0 Å². The molecule has 0 atom stereocenters. The number of hydrogen-bond acceptors (Lipinski definition) is 4. The molecule has 0 aliphatic heterocycles. The fourth-order valence-corrected chi connectivity index (χ4v) is 1.04. The predicted molar refractivity (Wildman–Crippen MR) is 49.4 cm³/mol. The molecule has 1 aromatic carbocycles. The van der Waals surface area contributed by atoms with Gasteiger partial charge < -0.3 is 9.84 Å². The Morgan fingerprint density at radius 2 is 1.93 bits per heavy atom. The van der Waals surface area contributed by atoms with E-state index in [1.807, 2.05) is 0 Å². The van der Waals surface area contributed by atoms with Gasteiger partial charge in [-0.2, -0.15) is 0 Å². The highest BCUT2D eigenvalue weighted by Gasteiger charge is 2.10. The molecule has 1 rings (SSSR count). The number of phenols is 1. The molecule has 0 heterocycles. The van der Waals surface area contributed by atoms with Crippen LogP contribution in [0.5, 0.6) is 11.5 Å². The molecule has 4 nitrogen and oxygen atoms in total. The van der Waals surface area contributed by atoms with Gasteiger partial charge in [-0.05, 0) is 19.1 Å². The Morgan fingerprint density at radius 1 is 1.29 bits per heavy atom. The molecule has 0 saturated carbocycles. The van der Waals surface area contributed by atoms with E-state index < -0.39 is 5.97 Å². The van der Waals surface area contributed by atoms with Crippen molar-refractivity contribution in [2.45, 2.75) is 13.8 Å². The van der Waals surface area contributed by atoms with E-state index in [2.05, 4.69) is 0 Å². The van der Waals surface area contributed by atoms with Crippen LogP contribution in [0.25, 0.3) is 0 Å². The van der Waals surface area contributed by atoms with Crippen LogP contribution in [0.15, 0.2) is 18.2 Å². The Bertz CT molecular complexity index is 382. The lowest BCUT2D eigenvalue weighted by Gasteiger charge is -2.06. The van der Waals surface area contributed by atoms with Crippen LogP contribution in [0.3, 0.4) is 0 Å². The van der Waals surface area contributed by atoms with Crippen molar-refractivity contribution in [3.05, 3.63) is 23.8 Å². The topological polar surface area (TPSA) is 63.6 Å². The van der Waals surface area contributed by atoms with E-state index in [-0.39, 0.29) is 22.8 Å². The van der Waals surface area contributed by atoms with Gasteiger partial charge >= 0.3 is 5.97 Å². The van der Waals surface area contributed by atoms with Crippen molar-refractivity contribution in [1.82, 2.24) is 0 Å². The molecule has 14 heavy (non-hydrogen) atoms. The maximum Gasteiger partial charge on any atom is 0.308 e. The molecule has 1 N–H and O–H groups in total. The van der Waals surface area contributed by atoms with E-state index in [1.54, 1.807) is 0 Å². The van der Waals surface area contributed by atoms with E-state index in [4.69, 9.17) is 9.84 Å². The first-order valence-corrected chi connectivity index (χ1v) is 4.03. The number of ether oxygens (including phenoxy) is 1. The van der Waals surface area contributed by atoms with Gasteiger partial charge in [-0.1, -0.05) is 0 Å². The fourth-order valence-electron chi connectivity index (χ4n) is 1.04. The molecule has 0 radical (unpaired) electrons. The maximum atomic E-state index is 11.1. The van der Waals surface area contributed by atoms with E-state index in [0.29, 0.717) is 0 Å². The quantitative estimate of drug-likeness (QED) is 0.440. The van der Waals surface area contributed by atoms with Crippen molar-refractivity contribution in [1.29, 1.82) is 0 Å². The summed E-state index contributed by atoms with van der Waals surface area (Å²) in [6.07, 6.45) is 0. The molecule has 0 spiro atoms. The minimum Gasteiger partial charge on any atom is -0.508 e. The van der Waals surface area contributed by atoms with E-state index in [0.717, 1.165) is 0 Å². The van der Waals surface area contributed by atoms with Crippen LogP contribution >= 0.6 is 0 Å². The molecule has 0 saturated heterocycles. The number of carbonyl (C=O) groups is 2. The highest BCUT2D eigenvalue weighted by Crippen LogP contribution is 2.24. The van der Waals surface area contributed by atoms with E-state index in [9.17, 15) is 9.59 Å². The van der Waals surface area contributed by atoms with Crippen LogP contribution in [-0.4, -0.2) is 16.9 Å². The molecule has 0 aliphatic rings. The van der Waals surface area contributed by atoms with Crippen molar-refractivity contribution >= 4 is 11.8 Å². The monoisotopic (exact) mass is 194 g/mol. The predicted octanol–water partition coefficient (Wildman–Crippen LogP) is 1.52. The molecule has 0 bridgehead atoms. The van der Waals surface area contributed by atoms with Crippen molar-refractivity contribution in [3.63, 3.8) is 0 Å². The van der Waals surface area contributed by atoms with Crippen molar-refractivity contribution in [2.75, 3.05) is 0 Å². The van der Waals surface area contributed by atoms with Crippen LogP contribution in [0, 0.1) is 0 Å². The number of hydrogen-bond donors (Lipinski definition) is 1. The van der Waals surface area contributed by atoms with Gasteiger partial charge in [0.1, 0.15) is 11.5 Å². The van der Waals surface area contributed by atoms with Gasteiger partial charge in [0.25, 0.3) is 0 Å². The Morgan fingerprint density at radius 3 is 2.43 bits per heavy atom. The minimum absolute atomic E-state index is 0.0498. The zero-order valence-electron chi connectivity index (χ0n) is 7.90. The van der Waals surface area contributed by atoms with Crippen LogP contribution < -0.4 is 4.74 Å². The summed E-state index contributed by atoms with van der Waals surface area (Å²) in [5.41, 5.74) is 0.276. The standard InChI is InChI=1S/C10H10O4/c1-6(11)9-4-3-8(13)5-10(9)14-7(2)12/h3-5,13H,1-2H3. The molecule has 0 aliphatic carbocycles. The smallest absolute Gasteiger partial charge is 0.308 e. The Hall–Kier alpha value is -1.84. The van der Waals surface area contributed by atoms with Gasteiger partial charge in [0.2, 0.25) is 0 Å². The lowest BCUT2D eigenvalue weighted by Crippen LogP contribution is -2.05. The maximum absolute atomic E-state index is 11.1.